The SMILES string of the molecule is CC1CN(C(=O)c2ccc(C(=O)O)cc2)CCC1c1ccccc1. The second kappa shape index (κ2) is 6.87. The summed E-state index contributed by atoms with van der Waals surface area (Å²) in [5, 5.41) is 8.94. The standard InChI is InChI=1S/C20H21NO3/c1-14-13-21(12-11-18(14)15-5-3-2-4-6-15)19(22)16-7-9-17(10-8-16)20(23)24/h2-10,14,18H,11-13H2,1H3,(H,23,24). The molecule has 3 rings (SSSR count). The Kier molecular flexibility index (Phi) is 4.65. The van der Waals surface area contributed by atoms with Gasteiger partial charge in [0.15, 0.2) is 0 Å². The smallest absolute Gasteiger partial charge is 0.335 e. The Hall–Kier alpha value is -2.62. The maximum atomic E-state index is 12.6. The van der Waals surface area contributed by atoms with E-state index in [9.17, 15) is 9.59 Å². The van der Waals surface area contributed by atoms with Crippen molar-refractivity contribution >= 4 is 11.9 Å². The molecule has 1 aliphatic rings. The Morgan fingerprint density at radius 2 is 1.62 bits per heavy atom. The third-order valence-corrected chi connectivity index (χ3v) is 4.80. The molecule has 0 saturated carbocycles. The lowest BCUT2D eigenvalue weighted by Crippen LogP contribution is -2.42. The van der Waals surface area contributed by atoms with E-state index in [-0.39, 0.29) is 11.5 Å². The van der Waals surface area contributed by atoms with E-state index < -0.39 is 5.97 Å². The molecule has 0 aromatic heterocycles. The lowest BCUT2D eigenvalue weighted by Gasteiger charge is -2.37. The van der Waals surface area contributed by atoms with Crippen molar-refractivity contribution in [1.82, 2.24) is 4.90 Å². The minimum atomic E-state index is -0.980. The number of carbonyl (C=O) groups is 2. The van der Waals surface area contributed by atoms with Crippen molar-refractivity contribution in [1.29, 1.82) is 0 Å². The third kappa shape index (κ3) is 3.32. The van der Waals surface area contributed by atoms with Gasteiger partial charge >= 0.3 is 5.97 Å². The number of benzene rings is 2. The van der Waals surface area contributed by atoms with E-state index in [1.807, 2.05) is 11.0 Å². The Morgan fingerprint density at radius 1 is 1.00 bits per heavy atom. The molecule has 2 unspecified atom stereocenters. The zero-order chi connectivity index (χ0) is 17.1. The normalized spacial score (nSPS) is 20.6. The highest BCUT2D eigenvalue weighted by Crippen LogP contribution is 2.33. The van der Waals surface area contributed by atoms with E-state index in [0.717, 1.165) is 19.5 Å². The van der Waals surface area contributed by atoms with Gasteiger partial charge in [-0.2, -0.15) is 0 Å². The van der Waals surface area contributed by atoms with Gasteiger partial charge in [-0.05, 0) is 48.1 Å². The molecule has 4 nitrogen and oxygen atoms in total. The van der Waals surface area contributed by atoms with E-state index in [1.165, 1.54) is 17.7 Å². The van der Waals surface area contributed by atoms with Crippen molar-refractivity contribution in [3.05, 3.63) is 71.3 Å². The van der Waals surface area contributed by atoms with Crippen molar-refractivity contribution < 1.29 is 14.7 Å². The Morgan fingerprint density at radius 3 is 2.21 bits per heavy atom. The molecule has 0 bridgehead atoms. The van der Waals surface area contributed by atoms with Crippen LogP contribution in [0.25, 0.3) is 0 Å². The fraction of sp³-hybridized carbons (Fsp3) is 0.300. The summed E-state index contributed by atoms with van der Waals surface area (Å²) in [6.07, 6.45) is 0.949. The number of aromatic carboxylic acids is 1. The van der Waals surface area contributed by atoms with Gasteiger partial charge in [0.2, 0.25) is 0 Å². The van der Waals surface area contributed by atoms with Gasteiger partial charge in [0.1, 0.15) is 0 Å². The zero-order valence-electron chi connectivity index (χ0n) is 13.7. The number of hydrogen-bond acceptors (Lipinski definition) is 2. The van der Waals surface area contributed by atoms with E-state index in [4.69, 9.17) is 5.11 Å². The van der Waals surface area contributed by atoms with Crippen LogP contribution in [0.3, 0.4) is 0 Å². The molecule has 2 aromatic rings. The second-order valence-corrected chi connectivity index (χ2v) is 6.42. The number of carboxylic acids is 1. The summed E-state index contributed by atoms with van der Waals surface area (Å²) in [6, 6.07) is 16.6. The zero-order valence-corrected chi connectivity index (χ0v) is 13.7. The molecule has 0 radical (unpaired) electrons. The van der Waals surface area contributed by atoms with Gasteiger partial charge in [0, 0.05) is 18.7 Å². The van der Waals surface area contributed by atoms with Crippen LogP contribution in [0.4, 0.5) is 0 Å². The largest absolute Gasteiger partial charge is 0.478 e. The lowest BCUT2D eigenvalue weighted by molar-refractivity contribution is 0.0656. The van der Waals surface area contributed by atoms with Crippen LogP contribution >= 0.6 is 0 Å². The van der Waals surface area contributed by atoms with Crippen LogP contribution in [0.5, 0.6) is 0 Å². The van der Waals surface area contributed by atoms with Gasteiger partial charge in [-0.15, -0.1) is 0 Å². The van der Waals surface area contributed by atoms with Crippen LogP contribution in [0, 0.1) is 5.92 Å². The van der Waals surface area contributed by atoms with Crippen molar-refractivity contribution in [3.63, 3.8) is 0 Å². The number of carbonyl (C=O) groups excluding carboxylic acids is 1. The molecule has 0 aliphatic carbocycles. The Bertz CT molecular complexity index is 724. The lowest BCUT2D eigenvalue weighted by atomic mass is 9.81. The topological polar surface area (TPSA) is 57.6 Å². The van der Waals surface area contributed by atoms with Crippen molar-refractivity contribution in [2.75, 3.05) is 13.1 Å². The molecule has 1 saturated heterocycles. The molecule has 1 amide bonds. The predicted molar refractivity (Wildman–Crippen MR) is 92.3 cm³/mol. The maximum Gasteiger partial charge on any atom is 0.335 e. The van der Waals surface area contributed by atoms with E-state index in [1.54, 1.807) is 12.1 Å². The number of amides is 1. The molecule has 1 N–H and O–H groups in total. The van der Waals surface area contributed by atoms with Gasteiger partial charge in [0.05, 0.1) is 5.56 Å². The van der Waals surface area contributed by atoms with Crippen LogP contribution in [0.2, 0.25) is 0 Å². The van der Waals surface area contributed by atoms with Crippen molar-refractivity contribution in [2.45, 2.75) is 19.3 Å². The first kappa shape index (κ1) is 16.2. The number of likely N-dealkylation sites (tertiary alicyclic amines) is 1. The van der Waals surface area contributed by atoms with Gasteiger partial charge < -0.3 is 10.0 Å². The average molecular weight is 323 g/mol. The van der Waals surface area contributed by atoms with E-state index in [0.29, 0.717) is 17.4 Å². The molecule has 24 heavy (non-hydrogen) atoms. The molecule has 4 heteroatoms. The molecule has 1 aliphatic heterocycles. The predicted octanol–water partition coefficient (Wildman–Crippen LogP) is 3.65. The van der Waals surface area contributed by atoms with Crippen LogP contribution in [-0.2, 0) is 0 Å². The van der Waals surface area contributed by atoms with Crippen molar-refractivity contribution in [3.8, 4) is 0 Å². The number of piperidine rings is 1. The maximum absolute atomic E-state index is 12.6. The summed E-state index contributed by atoms with van der Waals surface area (Å²) in [5.74, 6) is -0.135. The van der Waals surface area contributed by atoms with Gasteiger partial charge in [-0.25, -0.2) is 4.79 Å². The van der Waals surface area contributed by atoms with Crippen LogP contribution < -0.4 is 0 Å². The molecule has 124 valence electrons. The van der Waals surface area contributed by atoms with Crippen LogP contribution in [0.1, 0.15) is 45.5 Å². The summed E-state index contributed by atoms with van der Waals surface area (Å²) in [6.45, 7) is 3.63. The third-order valence-electron chi connectivity index (χ3n) is 4.80. The molecule has 2 aromatic carbocycles. The molecule has 0 spiro atoms. The number of nitrogens with zero attached hydrogens (tertiary/aromatic N) is 1. The summed E-state index contributed by atoms with van der Waals surface area (Å²) >= 11 is 0. The van der Waals surface area contributed by atoms with Crippen LogP contribution in [-0.4, -0.2) is 35.0 Å². The summed E-state index contributed by atoms with van der Waals surface area (Å²) in [5.41, 5.74) is 2.08. The molecule has 2 atom stereocenters. The fourth-order valence-corrected chi connectivity index (χ4v) is 3.46. The average Bonchev–Trinajstić information content (AvgIpc) is 2.62. The highest BCUT2D eigenvalue weighted by atomic mass is 16.4. The summed E-state index contributed by atoms with van der Waals surface area (Å²) in [7, 11) is 0. The van der Waals surface area contributed by atoms with Gasteiger partial charge in [0.25, 0.3) is 5.91 Å². The van der Waals surface area contributed by atoms with Gasteiger partial charge in [-0.3, -0.25) is 4.79 Å². The molecule has 1 heterocycles. The molecule has 1 fully saturated rings. The number of carboxylic acid groups (broad SMARTS) is 1. The quantitative estimate of drug-likeness (QED) is 0.938. The highest BCUT2D eigenvalue weighted by molar-refractivity contribution is 5.96. The Labute approximate surface area is 141 Å². The first-order valence-corrected chi connectivity index (χ1v) is 8.24. The number of rotatable bonds is 3. The van der Waals surface area contributed by atoms with E-state index in [2.05, 4.69) is 31.2 Å². The van der Waals surface area contributed by atoms with Gasteiger partial charge in [-0.1, -0.05) is 37.3 Å². The minimum absolute atomic E-state index is 0.0229. The van der Waals surface area contributed by atoms with E-state index >= 15 is 0 Å². The minimum Gasteiger partial charge on any atom is -0.478 e. The van der Waals surface area contributed by atoms with Crippen LogP contribution in [0.15, 0.2) is 54.6 Å². The second-order valence-electron chi connectivity index (χ2n) is 6.42. The summed E-state index contributed by atoms with van der Waals surface area (Å²) < 4.78 is 0. The first-order valence-electron chi connectivity index (χ1n) is 8.24. The molecular weight excluding hydrogens is 302 g/mol. The van der Waals surface area contributed by atoms with Crippen molar-refractivity contribution in [2.24, 2.45) is 5.92 Å². The Balaban J connectivity index is 1.69. The number of hydrogen-bond donors (Lipinski definition) is 1. The molecular formula is C20H21NO3. The monoisotopic (exact) mass is 323 g/mol. The fourth-order valence-electron chi connectivity index (χ4n) is 3.46. The first-order chi connectivity index (χ1) is 11.6. The highest BCUT2D eigenvalue weighted by Gasteiger charge is 2.29. The summed E-state index contributed by atoms with van der Waals surface area (Å²) in [4.78, 5) is 25.4.